The lowest BCUT2D eigenvalue weighted by Crippen LogP contribution is -2.29. The fourth-order valence-corrected chi connectivity index (χ4v) is 3.51. The molecule has 0 unspecified atom stereocenters. The summed E-state index contributed by atoms with van der Waals surface area (Å²) in [5.41, 5.74) is 5.58. The molecule has 0 amide bonds. The standard InChI is InChI=1S/C22H27N5O2/c1-16-13-18(3)26(23-16)21-8-5-7-20(15-21)25(10-6-12-28)11-9-22(29)27-19(4)14-17(2)24-27/h5,7-8,12-15H,6,9-11H2,1-4H3. The molecule has 0 atom stereocenters. The maximum Gasteiger partial charge on any atom is 0.248 e. The average Bonchev–Trinajstić information content (AvgIpc) is 3.21. The van der Waals surface area contributed by atoms with Gasteiger partial charge in [-0.2, -0.15) is 10.2 Å². The Morgan fingerprint density at radius 1 is 1.00 bits per heavy atom. The van der Waals surface area contributed by atoms with Crippen molar-refractivity contribution in [3.05, 3.63) is 59.2 Å². The Hall–Kier alpha value is -3.22. The minimum Gasteiger partial charge on any atom is -0.371 e. The van der Waals surface area contributed by atoms with Gasteiger partial charge < -0.3 is 9.69 Å². The van der Waals surface area contributed by atoms with E-state index in [0.29, 0.717) is 25.9 Å². The molecule has 0 aliphatic carbocycles. The topological polar surface area (TPSA) is 73.0 Å². The van der Waals surface area contributed by atoms with Crippen LogP contribution in [0.25, 0.3) is 5.69 Å². The fraction of sp³-hybridized carbons (Fsp3) is 0.364. The van der Waals surface area contributed by atoms with Gasteiger partial charge in [-0.25, -0.2) is 9.36 Å². The highest BCUT2D eigenvalue weighted by Crippen LogP contribution is 2.21. The molecule has 3 aromatic rings. The number of benzene rings is 1. The largest absolute Gasteiger partial charge is 0.371 e. The van der Waals surface area contributed by atoms with Crippen LogP contribution in [0.2, 0.25) is 0 Å². The predicted molar refractivity (Wildman–Crippen MR) is 113 cm³/mol. The Kier molecular flexibility index (Phi) is 6.26. The smallest absolute Gasteiger partial charge is 0.248 e. The maximum atomic E-state index is 12.6. The van der Waals surface area contributed by atoms with Crippen molar-refractivity contribution in [2.24, 2.45) is 0 Å². The molecule has 0 aliphatic heterocycles. The van der Waals surface area contributed by atoms with Crippen LogP contribution in [0.1, 0.15) is 40.4 Å². The van der Waals surface area contributed by atoms with Crippen LogP contribution in [0.5, 0.6) is 0 Å². The van der Waals surface area contributed by atoms with Crippen molar-refractivity contribution >= 4 is 17.9 Å². The van der Waals surface area contributed by atoms with E-state index < -0.39 is 0 Å². The summed E-state index contributed by atoms with van der Waals surface area (Å²) in [5, 5.41) is 8.81. The van der Waals surface area contributed by atoms with E-state index in [2.05, 4.69) is 15.1 Å². The zero-order chi connectivity index (χ0) is 21.0. The van der Waals surface area contributed by atoms with Crippen molar-refractivity contribution in [1.82, 2.24) is 19.6 Å². The summed E-state index contributed by atoms with van der Waals surface area (Å²) in [7, 11) is 0. The van der Waals surface area contributed by atoms with Gasteiger partial charge in [0.1, 0.15) is 6.29 Å². The van der Waals surface area contributed by atoms with Gasteiger partial charge in [0.15, 0.2) is 0 Å². The first-order chi connectivity index (χ1) is 13.9. The second-order valence-corrected chi connectivity index (χ2v) is 7.28. The molecule has 0 saturated carbocycles. The number of rotatable bonds is 8. The minimum atomic E-state index is -0.0543. The zero-order valence-corrected chi connectivity index (χ0v) is 17.4. The number of carbonyl (C=O) groups is 2. The number of hydrogen-bond acceptors (Lipinski definition) is 5. The molecule has 2 heterocycles. The van der Waals surface area contributed by atoms with Crippen molar-refractivity contribution in [2.75, 3.05) is 18.0 Å². The third-order valence-corrected chi connectivity index (χ3v) is 4.81. The van der Waals surface area contributed by atoms with Crippen molar-refractivity contribution in [1.29, 1.82) is 0 Å². The summed E-state index contributed by atoms with van der Waals surface area (Å²) in [4.78, 5) is 25.6. The Bertz CT molecular complexity index is 1020. The Morgan fingerprint density at radius 3 is 2.34 bits per heavy atom. The van der Waals surface area contributed by atoms with Crippen LogP contribution >= 0.6 is 0 Å². The Balaban J connectivity index is 1.80. The third-order valence-electron chi connectivity index (χ3n) is 4.81. The fourth-order valence-electron chi connectivity index (χ4n) is 3.51. The second kappa shape index (κ2) is 8.86. The molecule has 3 rings (SSSR count). The molecule has 1 aromatic carbocycles. The van der Waals surface area contributed by atoms with Gasteiger partial charge in [-0.3, -0.25) is 4.79 Å². The van der Waals surface area contributed by atoms with Crippen molar-refractivity contribution < 1.29 is 9.59 Å². The number of anilines is 1. The zero-order valence-electron chi connectivity index (χ0n) is 17.4. The van der Waals surface area contributed by atoms with E-state index in [9.17, 15) is 9.59 Å². The van der Waals surface area contributed by atoms with Crippen LogP contribution < -0.4 is 4.90 Å². The second-order valence-electron chi connectivity index (χ2n) is 7.28. The molecule has 0 aliphatic rings. The summed E-state index contributed by atoms with van der Waals surface area (Å²) in [6.07, 6.45) is 1.61. The number of hydrogen-bond donors (Lipinski definition) is 0. The first kappa shape index (κ1) is 20.5. The van der Waals surface area contributed by atoms with E-state index in [1.165, 1.54) is 4.68 Å². The van der Waals surface area contributed by atoms with Gasteiger partial charge in [0, 0.05) is 43.0 Å². The molecule has 0 fully saturated rings. The molecular weight excluding hydrogens is 366 g/mol. The van der Waals surface area contributed by atoms with Crippen molar-refractivity contribution in [3.8, 4) is 5.69 Å². The molecule has 0 bridgehead atoms. The van der Waals surface area contributed by atoms with Gasteiger partial charge in [0.05, 0.1) is 17.1 Å². The highest BCUT2D eigenvalue weighted by molar-refractivity contribution is 5.79. The van der Waals surface area contributed by atoms with E-state index in [4.69, 9.17) is 0 Å². The lowest BCUT2D eigenvalue weighted by Gasteiger charge is -2.24. The molecule has 2 aromatic heterocycles. The van der Waals surface area contributed by atoms with Gasteiger partial charge in [-0.15, -0.1) is 0 Å². The van der Waals surface area contributed by atoms with E-state index in [0.717, 1.165) is 40.4 Å². The predicted octanol–water partition coefficient (Wildman–Crippen LogP) is 3.43. The lowest BCUT2D eigenvalue weighted by atomic mass is 10.2. The van der Waals surface area contributed by atoms with E-state index >= 15 is 0 Å². The van der Waals surface area contributed by atoms with Gasteiger partial charge >= 0.3 is 0 Å². The number of aldehydes is 1. The molecule has 152 valence electrons. The van der Waals surface area contributed by atoms with Crippen LogP contribution in [-0.4, -0.2) is 44.8 Å². The average molecular weight is 393 g/mol. The Labute approximate surface area is 170 Å². The van der Waals surface area contributed by atoms with E-state index in [1.807, 2.05) is 68.8 Å². The molecule has 0 spiro atoms. The van der Waals surface area contributed by atoms with E-state index in [-0.39, 0.29) is 5.91 Å². The number of aryl methyl sites for hydroxylation is 4. The summed E-state index contributed by atoms with van der Waals surface area (Å²) in [6.45, 7) is 8.79. The summed E-state index contributed by atoms with van der Waals surface area (Å²) >= 11 is 0. The van der Waals surface area contributed by atoms with Crippen molar-refractivity contribution in [2.45, 2.75) is 40.5 Å². The highest BCUT2D eigenvalue weighted by atomic mass is 16.2. The molecule has 0 radical (unpaired) electrons. The van der Waals surface area contributed by atoms with Crippen LogP contribution in [-0.2, 0) is 4.79 Å². The summed E-state index contributed by atoms with van der Waals surface area (Å²) < 4.78 is 3.36. The van der Waals surface area contributed by atoms with Crippen molar-refractivity contribution in [3.63, 3.8) is 0 Å². The maximum absolute atomic E-state index is 12.6. The van der Waals surface area contributed by atoms with Gasteiger partial charge in [0.2, 0.25) is 5.91 Å². The molecule has 29 heavy (non-hydrogen) atoms. The third kappa shape index (κ3) is 4.80. The quantitative estimate of drug-likeness (QED) is 0.548. The molecule has 0 N–H and O–H groups in total. The summed E-state index contributed by atoms with van der Waals surface area (Å²) in [6, 6.07) is 11.9. The molecular formula is C22H27N5O2. The van der Waals surface area contributed by atoms with E-state index in [1.54, 1.807) is 0 Å². The SMILES string of the molecule is Cc1cc(C)n(C(=O)CCN(CCC=O)c2cccc(-n3nc(C)cc3C)c2)n1. The van der Waals surface area contributed by atoms with Crippen LogP contribution in [0.4, 0.5) is 5.69 Å². The van der Waals surface area contributed by atoms with Crippen LogP contribution in [0.15, 0.2) is 36.4 Å². The van der Waals surface area contributed by atoms with Gasteiger partial charge in [0.25, 0.3) is 0 Å². The lowest BCUT2D eigenvalue weighted by molar-refractivity contribution is -0.107. The van der Waals surface area contributed by atoms with Crippen LogP contribution in [0.3, 0.4) is 0 Å². The highest BCUT2D eigenvalue weighted by Gasteiger charge is 2.14. The Morgan fingerprint density at radius 2 is 1.72 bits per heavy atom. The number of carbonyl (C=O) groups excluding carboxylic acids is 2. The van der Waals surface area contributed by atoms with Gasteiger partial charge in [-0.05, 0) is 58.0 Å². The monoisotopic (exact) mass is 393 g/mol. The minimum absolute atomic E-state index is 0.0543. The first-order valence-electron chi connectivity index (χ1n) is 9.78. The molecule has 0 saturated heterocycles. The first-order valence-corrected chi connectivity index (χ1v) is 9.78. The number of nitrogens with zero attached hydrogens (tertiary/aromatic N) is 5. The number of aromatic nitrogens is 4. The normalized spacial score (nSPS) is 10.9. The summed E-state index contributed by atoms with van der Waals surface area (Å²) in [5.74, 6) is -0.0543. The molecule has 7 heteroatoms. The van der Waals surface area contributed by atoms with Gasteiger partial charge in [-0.1, -0.05) is 6.07 Å². The van der Waals surface area contributed by atoms with Crippen LogP contribution in [0, 0.1) is 27.7 Å². The molecule has 7 nitrogen and oxygen atoms in total.